The average Bonchev–Trinajstić information content (AvgIpc) is 2.71. The zero-order valence-corrected chi connectivity index (χ0v) is 14.8. The van der Waals surface area contributed by atoms with Crippen molar-refractivity contribution in [1.29, 1.82) is 0 Å². The molecule has 4 aromatic rings. The summed E-state index contributed by atoms with van der Waals surface area (Å²) in [6.45, 7) is 2.12. The van der Waals surface area contributed by atoms with Crippen molar-refractivity contribution in [1.82, 2.24) is 0 Å². The third-order valence-corrected chi connectivity index (χ3v) is 4.54. The van der Waals surface area contributed by atoms with Crippen molar-refractivity contribution in [3.8, 4) is 11.1 Å². The highest BCUT2D eigenvalue weighted by atomic mass is 15.1. The van der Waals surface area contributed by atoms with Crippen molar-refractivity contribution in [3.05, 3.63) is 115 Å². The lowest BCUT2D eigenvalue weighted by molar-refractivity contribution is 1.28. The molecule has 0 aromatic heterocycles. The quantitative estimate of drug-likeness (QED) is 0.383. The van der Waals surface area contributed by atoms with Gasteiger partial charge in [-0.1, -0.05) is 78.4 Å². The van der Waals surface area contributed by atoms with Crippen LogP contribution in [0.1, 0.15) is 5.56 Å². The molecule has 0 atom stereocenters. The van der Waals surface area contributed by atoms with Crippen LogP contribution in [0, 0.1) is 6.92 Å². The van der Waals surface area contributed by atoms with E-state index in [1.807, 2.05) is 12.1 Å². The van der Waals surface area contributed by atoms with Crippen molar-refractivity contribution in [3.63, 3.8) is 0 Å². The van der Waals surface area contributed by atoms with E-state index in [9.17, 15) is 0 Å². The molecule has 0 bridgehead atoms. The molecule has 0 aliphatic rings. The fourth-order valence-corrected chi connectivity index (χ4v) is 3.15. The summed E-state index contributed by atoms with van der Waals surface area (Å²) in [6, 6.07) is 38.4. The fourth-order valence-electron chi connectivity index (χ4n) is 3.15. The average molecular weight is 335 g/mol. The smallest absolute Gasteiger partial charge is 0.0462 e. The number of hydrogen-bond acceptors (Lipinski definition) is 1. The third kappa shape index (κ3) is 3.38. The summed E-state index contributed by atoms with van der Waals surface area (Å²) < 4.78 is 0. The topological polar surface area (TPSA) is 3.24 Å². The molecule has 4 aromatic carbocycles. The van der Waals surface area contributed by atoms with E-state index in [1.165, 1.54) is 16.7 Å². The summed E-state index contributed by atoms with van der Waals surface area (Å²) >= 11 is 0. The predicted octanol–water partition coefficient (Wildman–Crippen LogP) is 7.13. The van der Waals surface area contributed by atoms with Crippen LogP contribution in [0.15, 0.2) is 109 Å². The van der Waals surface area contributed by atoms with E-state index in [4.69, 9.17) is 0 Å². The number of nitrogens with zero attached hydrogens (tertiary/aromatic N) is 1. The summed E-state index contributed by atoms with van der Waals surface area (Å²) in [4.78, 5) is 2.28. The molecule has 0 saturated heterocycles. The number of aryl methyl sites for hydroxylation is 1. The second-order valence-electron chi connectivity index (χ2n) is 6.42. The first-order chi connectivity index (χ1) is 12.8. The summed E-state index contributed by atoms with van der Waals surface area (Å²) in [5, 5.41) is 0. The Morgan fingerprint density at radius 2 is 0.808 bits per heavy atom. The highest BCUT2D eigenvalue weighted by Crippen LogP contribution is 2.35. The van der Waals surface area contributed by atoms with Gasteiger partial charge in [0.1, 0.15) is 0 Å². The van der Waals surface area contributed by atoms with Crippen molar-refractivity contribution in [2.45, 2.75) is 6.92 Å². The Bertz CT molecular complexity index is 917. The van der Waals surface area contributed by atoms with Gasteiger partial charge in [0, 0.05) is 17.1 Å². The van der Waals surface area contributed by atoms with E-state index in [0.29, 0.717) is 0 Å². The molecule has 0 aliphatic heterocycles. The summed E-state index contributed by atoms with van der Waals surface area (Å²) in [5.41, 5.74) is 7.22. The summed E-state index contributed by atoms with van der Waals surface area (Å²) in [5.74, 6) is 0. The molecule has 4 rings (SSSR count). The number of anilines is 3. The summed E-state index contributed by atoms with van der Waals surface area (Å²) in [6.07, 6.45) is 0. The van der Waals surface area contributed by atoms with Crippen LogP contribution < -0.4 is 4.90 Å². The van der Waals surface area contributed by atoms with Crippen molar-refractivity contribution < 1.29 is 0 Å². The number of hydrogen-bond donors (Lipinski definition) is 0. The van der Waals surface area contributed by atoms with E-state index in [1.54, 1.807) is 0 Å². The van der Waals surface area contributed by atoms with Crippen molar-refractivity contribution >= 4 is 17.1 Å². The van der Waals surface area contributed by atoms with E-state index in [-0.39, 0.29) is 0 Å². The van der Waals surface area contributed by atoms with Gasteiger partial charge in [0.05, 0.1) is 0 Å². The van der Waals surface area contributed by atoms with Gasteiger partial charge in [-0.05, 0) is 54.4 Å². The number of benzene rings is 4. The van der Waals surface area contributed by atoms with Crippen LogP contribution in [-0.2, 0) is 0 Å². The van der Waals surface area contributed by atoms with Gasteiger partial charge in [0.2, 0.25) is 0 Å². The van der Waals surface area contributed by atoms with Crippen LogP contribution in [0.2, 0.25) is 0 Å². The van der Waals surface area contributed by atoms with Gasteiger partial charge in [0.15, 0.2) is 0 Å². The molecule has 1 nitrogen and oxygen atoms in total. The van der Waals surface area contributed by atoms with Crippen LogP contribution >= 0.6 is 0 Å². The maximum absolute atomic E-state index is 2.28. The SMILES string of the molecule is Cc1ccc(-c2ccc(N(c3ccccc3)c3ccccc3)cc2)cc1. The van der Waals surface area contributed by atoms with E-state index < -0.39 is 0 Å². The van der Waals surface area contributed by atoms with E-state index >= 15 is 0 Å². The fraction of sp³-hybridized carbons (Fsp3) is 0.0400. The lowest BCUT2D eigenvalue weighted by Gasteiger charge is -2.25. The molecular weight excluding hydrogens is 314 g/mol. The normalized spacial score (nSPS) is 10.5. The minimum absolute atomic E-state index is 1.15. The molecule has 0 saturated carbocycles. The Hall–Kier alpha value is -3.32. The Kier molecular flexibility index (Phi) is 4.53. The Balaban J connectivity index is 1.73. The number of para-hydroxylation sites is 2. The molecule has 0 aliphatic carbocycles. The highest BCUT2D eigenvalue weighted by Gasteiger charge is 2.11. The zero-order chi connectivity index (χ0) is 17.8. The lowest BCUT2D eigenvalue weighted by Crippen LogP contribution is -2.09. The second-order valence-corrected chi connectivity index (χ2v) is 6.42. The van der Waals surface area contributed by atoms with Crippen LogP contribution in [-0.4, -0.2) is 0 Å². The van der Waals surface area contributed by atoms with E-state index in [2.05, 4.69) is 109 Å². The Morgan fingerprint density at radius 1 is 0.423 bits per heavy atom. The molecule has 0 radical (unpaired) electrons. The molecule has 0 heterocycles. The molecule has 1 heteroatoms. The molecule has 26 heavy (non-hydrogen) atoms. The Morgan fingerprint density at radius 3 is 1.27 bits per heavy atom. The van der Waals surface area contributed by atoms with E-state index in [0.717, 1.165) is 17.1 Å². The summed E-state index contributed by atoms with van der Waals surface area (Å²) in [7, 11) is 0. The van der Waals surface area contributed by atoms with Gasteiger partial charge in [-0.2, -0.15) is 0 Å². The lowest BCUT2D eigenvalue weighted by atomic mass is 10.0. The van der Waals surface area contributed by atoms with Crippen molar-refractivity contribution in [2.75, 3.05) is 4.90 Å². The molecule has 0 fully saturated rings. The van der Waals surface area contributed by atoms with Gasteiger partial charge in [-0.15, -0.1) is 0 Å². The predicted molar refractivity (Wildman–Crippen MR) is 111 cm³/mol. The minimum Gasteiger partial charge on any atom is -0.311 e. The zero-order valence-electron chi connectivity index (χ0n) is 14.8. The second kappa shape index (κ2) is 7.28. The molecule has 0 unspecified atom stereocenters. The maximum Gasteiger partial charge on any atom is 0.0462 e. The molecule has 0 amide bonds. The third-order valence-electron chi connectivity index (χ3n) is 4.54. The van der Waals surface area contributed by atoms with Crippen LogP contribution in [0.3, 0.4) is 0 Å². The highest BCUT2D eigenvalue weighted by molar-refractivity contribution is 5.78. The number of rotatable bonds is 4. The first-order valence-electron chi connectivity index (χ1n) is 8.88. The first-order valence-corrected chi connectivity index (χ1v) is 8.88. The first kappa shape index (κ1) is 16.2. The van der Waals surface area contributed by atoms with Gasteiger partial charge in [-0.25, -0.2) is 0 Å². The minimum atomic E-state index is 1.15. The van der Waals surface area contributed by atoms with Crippen LogP contribution in [0.4, 0.5) is 17.1 Å². The molecule has 126 valence electrons. The molecular formula is C25H21N. The maximum atomic E-state index is 2.28. The van der Waals surface area contributed by atoms with Gasteiger partial charge >= 0.3 is 0 Å². The largest absolute Gasteiger partial charge is 0.311 e. The molecule has 0 N–H and O–H groups in total. The van der Waals surface area contributed by atoms with Crippen molar-refractivity contribution in [2.24, 2.45) is 0 Å². The Labute approximate surface area is 155 Å². The van der Waals surface area contributed by atoms with Gasteiger partial charge < -0.3 is 4.90 Å². The van der Waals surface area contributed by atoms with Gasteiger partial charge in [-0.3, -0.25) is 0 Å². The van der Waals surface area contributed by atoms with Gasteiger partial charge in [0.25, 0.3) is 0 Å². The van der Waals surface area contributed by atoms with Crippen LogP contribution in [0.25, 0.3) is 11.1 Å². The molecule has 0 spiro atoms. The standard InChI is InChI=1S/C25H21N/c1-20-12-14-21(15-13-20)22-16-18-25(19-17-22)26(23-8-4-2-5-9-23)24-10-6-3-7-11-24/h2-19H,1H3. The van der Waals surface area contributed by atoms with Crippen LogP contribution in [0.5, 0.6) is 0 Å². The monoisotopic (exact) mass is 335 g/mol.